The van der Waals surface area contributed by atoms with Crippen molar-refractivity contribution in [1.82, 2.24) is 9.55 Å². The molecule has 0 radical (unpaired) electrons. The van der Waals surface area contributed by atoms with Gasteiger partial charge in [-0.2, -0.15) is 0 Å². The van der Waals surface area contributed by atoms with Crippen LogP contribution in [-0.4, -0.2) is 9.55 Å². The third kappa shape index (κ3) is 4.61. The Labute approximate surface area is 324 Å². The Morgan fingerprint density at radius 3 is 1.59 bits per heavy atom. The largest absolute Gasteiger partial charge is 0.435 e. The number of rotatable bonds is 5. The number of hydrogen-bond donors (Lipinski definition) is 0. The molecule has 56 heavy (non-hydrogen) atoms. The molecule has 0 saturated heterocycles. The molecule has 0 fully saturated rings. The van der Waals surface area contributed by atoms with E-state index in [2.05, 4.69) is 199 Å². The van der Waals surface area contributed by atoms with Gasteiger partial charge in [0.05, 0.1) is 11.0 Å². The number of fused-ring (bicyclic) bond motifs is 8. The van der Waals surface area contributed by atoms with Gasteiger partial charge >= 0.3 is 0 Å². The number of nitrogens with zero attached hydrogens (tertiary/aromatic N) is 2. The fourth-order valence-corrected chi connectivity index (χ4v) is 9.41. The van der Waals surface area contributed by atoms with Crippen molar-refractivity contribution in [2.45, 2.75) is 5.92 Å². The number of allylic oxidation sites excluding steroid dienone is 5. The summed E-state index contributed by atoms with van der Waals surface area (Å²) >= 11 is 0. The summed E-state index contributed by atoms with van der Waals surface area (Å²) in [4.78, 5) is 5.39. The smallest absolute Gasteiger partial charge is 0.227 e. The maximum atomic E-state index is 6.83. The SMILES string of the molecule is C1=CC2C(n3c4ccc(-c5ccccc5)cc4c4cc(-c5ccccc5)ccc43)=C3c4nc(-c5ccc(-c6ccccc6)cc5)oc4-c4cccc(c43)C2C=C1. The van der Waals surface area contributed by atoms with Crippen LogP contribution in [0, 0.1) is 5.92 Å². The van der Waals surface area contributed by atoms with Crippen LogP contribution in [0.25, 0.3) is 89.2 Å². The molecule has 3 aliphatic carbocycles. The quantitative estimate of drug-likeness (QED) is 0.178. The fraction of sp³-hybridized carbons (Fsp3) is 0.0377. The zero-order valence-corrected chi connectivity index (χ0v) is 30.4. The standard InChI is InChI=1S/C53H34N2O/c1-4-13-33(14-5-1)36-23-25-37(26-24-36)53-54-50-49-48-41(21-12-22-43(48)52(50)56-53)40-19-10-11-20-42(40)51(49)55-46-29-27-38(34-15-6-2-7-16-34)31-44(46)45-32-39(28-30-47(45)55)35-17-8-3-9-18-35/h1-32,40,42H. The van der Waals surface area contributed by atoms with Crippen molar-refractivity contribution >= 4 is 33.1 Å². The Bertz CT molecular complexity index is 3010. The lowest BCUT2D eigenvalue weighted by Gasteiger charge is -2.35. The van der Waals surface area contributed by atoms with Crippen LogP contribution in [0.15, 0.2) is 199 Å². The predicted molar refractivity (Wildman–Crippen MR) is 230 cm³/mol. The van der Waals surface area contributed by atoms with Crippen molar-refractivity contribution in [3.63, 3.8) is 0 Å². The van der Waals surface area contributed by atoms with Crippen LogP contribution in [0.1, 0.15) is 22.7 Å². The molecule has 9 aromatic rings. The van der Waals surface area contributed by atoms with Crippen LogP contribution in [0.2, 0.25) is 0 Å². The molecule has 0 saturated carbocycles. The summed E-state index contributed by atoms with van der Waals surface area (Å²) < 4.78 is 9.38. The Morgan fingerprint density at radius 1 is 0.464 bits per heavy atom. The molecule has 0 aliphatic heterocycles. The lowest BCUT2D eigenvalue weighted by Crippen LogP contribution is -2.23. The third-order valence-electron chi connectivity index (χ3n) is 12.0. The highest BCUT2D eigenvalue weighted by Gasteiger charge is 2.43. The molecule has 3 aliphatic rings. The second-order valence-corrected chi connectivity index (χ2v) is 15.0. The van der Waals surface area contributed by atoms with E-state index in [0.29, 0.717) is 5.89 Å². The van der Waals surface area contributed by atoms with Crippen LogP contribution in [0.3, 0.4) is 0 Å². The molecule has 262 valence electrons. The van der Waals surface area contributed by atoms with Crippen LogP contribution >= 0.6 is 0 Å². The normalized spacial score (nSPS) is 16.4. The average molecular weight is 715 g/mol. The Morgan fingerprint density at radius 2 is 0.982 bits per heavy atom. The maximum absolute atomic E-state index is 6.83. The lowest BCUT2D eigenvalue weighted by atomic mass is 9.72. The van der Waals surface area contributed by atoms with Gasteiger partial charge in [-0.05, 0) is 75.3 Å². The molecule has 2 atom stereocenters. The minimum Gasteiger partial charge on any atom is -0.435 e. The van der Waals surface area contributed by atoms with Crippen molar-refractivity contribution in [2.24, 2.45) is 5.92 Å². The van der Waals surface area contributed by atoms with Crippen LogP contribution in [0.4, 0.5) is 0 Å². The Kier molecular flexibility index (Phi) is 6.75. The van der Waals surface area contributed by atoms with Gasteiger partial charge in [0.25, 0.3) is 0 Å². The molecule has 0 N–H and O–H groups in total. The number of oxazole rings is 1. The summed E-state index contributed by atoms with van der Waals surface area (Å²) in [6.45, 7) is 0. The molecule has 3 heteroatoms. The van der Waals surface area contributed by atoms with E-state index in [-0.39, 0.29) is 11.8 Å². The van der Waals surface area contributed by atoms with Gasteiger partial charge in [0.2, 0.25) is 5.89 Å². The predicted octanol–water partition coefficient (Wildman–Crippen LogP) is 13.7. The highest BCUT2D eigenvalue weighted by molar-refractivity contribution is 6.16. The molecule has 7 aromatic carbocycles. The van der Waals surface area contributed by atoms with Gasteiger partial charge in [-0.1, -0.05) is 158 Å². The monoisotopic (exact) mass is 714 g/mol. The minimum atomic E-state index is 0.0930. The fourth-order valence-electron chi connectivity index (χ4n) is 9.41. The van der Waals surface area contributed by atoms with Gasteiger partial charge in [0.15, 0.2) is 5.76 Å². The number of benzene rings is 7. The molecule has 2 aromatic heterocycles. The molecule has 3 nitrogen and oxygen atoms in total. The molecule has 0 amide bonds. The van der Waals surface area contributed by atoms with E-state index in [1.165, 1.54) is 77.6 Å². The number of hydrogen-bond acceptors (Lipinski definition) is 2. The highest BCUT2D eigenvalue weighted by atomic mass is 16.4. The van der Waals surface area contributed by atoms with E-state index in [4.69, 9.17) is 9.40 Å². The van der Waals surface area contributed by atoms with Crippen LogP contribution < -0.4 is 0 Å². The summed E-state index contributed by atoms with van der Waals surface area (Å²) in [6.07, 6.45) is 9.18. The highest BCUT2D eigenvalue weighted by Crippen LogP contribution is 2.58. The molecule has 12 rings (SSSR count). The van der Waals surface area contributed by atoms with Gasteiger partial charge in [-0.25, -0.2) is 4.98 Å². The van der Waals surface area contributed by atoms with Gasteiger partial charge in [-0.15, -0.1) is 0 Å². The van der Waals surface area contributed by atoms with E-state index in [0.717, 1.165) is 22.6 Å². The molecular weight excluding hydrogens is 681 g/mol. The van der Waals surface area contributed by atoms with Crippen molar-refractivity contribution in [2.75, 3.05) is 0 Å². The lowest BCUT2D eigenvalue weighted by molar-refractivity contribution is 0.589. The van der Waals surface area contributed by atoms with Gasteiger partial charge < -0.3 is 8.98 Å². The second kappa shape index (κ2) is 12.1. The molecule has 0 bridgehead atoms. The van der Waals surface area contributed by atoms with E-state index >= 15 is 0 Å². The minimum absolute atomic E-state index is 0.0930. The van der Waals surface area contributed by atoms with Crippen molar-refractivity contribution < 1.29 is 4.42 Å². The number of aromatic nitrogens is 2. The molecule has 2 heterocycles. The third-order valence-corrected chi connectivity index (χ3v) is 12.0. The first-order chi connectivity index (χ1) is 27.8. The van der Waals surface area contributed by atoms with E-state index in [1.807, 2.05) is 0 Å². The Balaban J connectivity index is 1.13. The van der Waals surface area contributed by atoms with E-state index in [9.17, 15) is 0 Å². The van der Waals surface area contributed by atoms with Gasteiger partial charge in [0, 0.05) is 50.6 Å². The van der Waals surface area contributed by atoms with Crippen molar-refractivity contribution in [1.29, 1.82) is 0 Å². The van der Waals surface area contributed by atoms with Crippen LogP contribution in [-0.2, 0) is 0 Å². The summed E-state index contributed by atoms with van der Waals surface area (Å²) in [5.41, 5.74) is 17.5. The zero-order valence-electron chi connectivity index (χ0n) is 30.4. The summed E-state index contributed by atoms with van der Waals surface area (Å²) in [6, 6.07) is 61.1. The first-order valence-corrected chi connectivity index (χ1v) is 19.4. The average Bonchev–Trinajstić information content (AvgIpc) is 3.95. The maximum Gasteiger partial charge on any atom is 0.227 e. The van der Waals surface area contributed by atoms with Gasteiger partial charge in [0.1, 0.15) is 5.69 Å². The van der Waals surface area contributed by atoms with Crippen molar-refractivity contribution in [3.05, 3.63) is 211 Å². The second-order valence-electron chi connectivity index (χ2n) is 15.0. The van der Waals surface area contributed by atoms with E-state index < -0.39 is 0 Å². The molecular formula is C53H34N2O. The zero-order chi connectivity index (χ0) is 36.7. The Hall–Kier alpha value is -7.23. The van der Waals surface area contributed by atoms with E-state index in [1.54, 1.807) is 0 Å². The van der Waals surface area contributed by atoms with Crippen molar-refractivity contribution in [3.8, 4) is 56.2 Å². The topological polar surface area (TPSA) is 31.0 Å². The first kappa shape index (κ1) is 31.2. The van der Waals surface area contributed by atoms with Crippen LogP contribution in [0.5, 0.6) is 0 Å². The molecule has 2 unspecified atom stereocenters. The molecule has 0 spiro atoms. The summed E-state index contributed by atoms with van der Waals surface area (Å²) in [7, 11) is 0. The summed E-state index contributed by atoms with van der Waals surface area (Å²) in [5, 5.41) is 2.46. The first-order valence-electron chi connectivity index (χ1n) is 19.4. The summed E-state index contributed by atoms with van der Waals surface area (Å²) in [5.74, 6) is 1.76. The van der Waals surface area contributed by atoms with Gasteiger partial charge in [-0.3, -0.25) is 0 Å².